The monoisotopic (exact) mass is 213 g/mol. The van der Waals surface area contributed by atoms with E-state index < -0.39 is 0 Å². The number of benzene rings is 1. The zero-order valence-electron chi connectivity index (χ0n) is 9.17. The van der Waals surface area contributed by atoms with Gasteiger partial charge in [0.2, 0.25) is 0 Å². The van der Waals surface area contributed by atoms with Gasteiger partial charge in [-0.3, -0.25) is 9.69 Å². The highest BCUT2D eigenvalue weighted by atomic mass is 16.1. The van der Waals surface area contributed by atoms with Crippen LogP contribution in [-0.4, -0.2) is 23.3 Å². The lowest BCUT2D eigenvalue weighted by Gasteiger charge is -2.37. The minimum Gasteiger partial charge on any atom is -0.300 e. The molecule has 2 heteroatoms. The van der Waals surface area contributed by atoms with Gasteiger partial charge in [0.1, 0.15) is 5.78 Å². The predicted octanol–water partition coefficient (Wildman–Crippen LogP) is 2.33. The quantitative estimate of drug-likeness (QED) is 0.667. The van der Waals surface area contributed by atoms with Crippen molar-refractivity contribution in [2.24, 2.45) is 0 Å². The van der Waals surface area contributed by atoms with Gasteiger partial charge in [-0.1, -0.05) is 42.5 Å². The van der Waals surface area contributed by atoms with E-state index in [4.69, 9.17) is 0 Å². The molecule has 1 aromatic rings. The highest BCUT2D eigenvalue weighted by Crippen LogP contribution is 2.35. The molecule has 2 aliphatic rings. The van der Waals surface area contributed by atoms with Crippen molar-refractivity contribution < 1.29 is 4.79 Å². The molecule has 0 amide bonds. The van der Waals surface area contributed by atoms with Crippen molar-refractivity contribution in [2.45, 2.75) is 24.9 Å². The molecule has 16 heavy (non-hydrogen) atoms. The largest absolute Gasteiger partial charge is 0.300 e. The van der Waals surface area contributed by atoms with E-state index in [9.17, 15) is 4.79 Å². The van der Waals surface area contributed by atoms with Gasteiger partial charge in [0.05, 0.1) is 0 Å². The fourth-order valence-electron chi connectivity index (χ4n) is 2.76. The summed E-state index contributed by atoms with van der Waals surface area (Å²) in [6.45, 7) is 0.984. The molecule has 0 aliphatic carbocycles. The maximum absolute atomic E-state index is 11.7. The van der Waals surface area contributed by atoms with E-state index in [2.05, 4.69) is 29.2 Å². The lowest BCUT2D eigenvalue weighted by Crippen LogP contribution is -2.41. The van der Waals surface area contributed by atoms with Crippen molar-refractivity contribution in [3.63, 3.8) is 0 Å². The normalized spacial score (nSPS) is 29.4. The Morgan fingerprint density at radius 3 is 2.75 bits per heavy atom. The Hall–Kier alpha value is -1.41. The molecule has 82 valence electrons. The lowest BCUT2D eigenvalue weighted by molar-refractivity contribution is -0.124. The number of carbonyl (C=O) groups excluding carboxylic acids is 1. The summed E-state index contributed by atoms with van der Waals surface area (Å²) in [5.41, 5.74) is 1.27. The summed E-state index contributed by atoms with van der Waals surface area (Å²) < 4.78 is 0. The van der Waals surface area contributed by atoms with Gasteiger partial charge in [0.15, 0.2) is 0 Å². The highest BCUT2D eigenvalue weighted by molar-refractivity contribution is 5.81. The Balaban J connectivity index is 1.91. The third-order valence-electron chi connectivity index (χ3n) is 3.54. The Morgan fingerprint density at radius 2 is 1.94 bits per heavy atom. The fourth-order valence-corrected chi connectivity index (χ4v) is 2.76. The van der Waals surface area contributed by atoms with Crippen LogP contribution < -0.4 is 0 Å². The van der Waals surface area contributed by atoms with Gasteiger partial charge in [0.25, 0.3) is 0 Å². The van der Waals surface area contributed by atoms with Crippen LogP contribution in [0.2, 0.25) is 0 Å². The van der Waals surface area contributed by atoms with E-state index in [0.717, 1.165) is 6.54 Å². The zero-order chi connectivity index (χ0) is 11.0. The molecule has 2 atom stereocenters. The lowest BCUT2D eigenvalue weighted by atomic mass is 9.91. The summed E-state index contributed by atoms with van der Waals surface area (Å²) in [5, 5.41) is 0. The van der Waals surface area contributed by atoms with Crippen LogP contribution in [0, 0.1) is 0 Å². The Labute approximate surface area is 95.6 Å². The van der Waals surface area contributed by atoms with Crippen molar-refractivity contribution in [3.8, 4) is 0 Å². The molecule has 0 unspecified atom stereocenters. The summed E-state index contributed by atoms with van der Waals surface area (Å²) in [4.78, 5) is 14.2. The first-order chi connectivity index (χ1) is 7.84. The molecule has 1 aromatic carbocycles. The van der Waals surface area contributed by atoms with Crippen molar-refractivity contribution in [1.29, 1.82) is 0 Å². The standard InChI is InChI=1S/C14H15NO/c16-13-9-12-7-4-8-15(12)14(10-13)11-5-2-1-3-6-11/h1-7,12,14H,8-10H2/t12-,14+/m0/s1. The minimum atomic E-state index is 0.280. The predicted molar refractivity (Wildman–Crippen MR) is 63.1 cm³/mol. The van der Waals surface area contributed by atoms with Crippen LogP contribution in [0.1, 0.15) is 24.4 Å². The Morgan fingerprint density at radius 1 is 1.12 bits per heavy atom. The number of ketones is 1. The Bertz CT molecular complexity index is 424. The maximum atomic E-state index is 11.7. The smallest absolute Gasteiger partial charge is 0.136 e. The molecule has 1 saturated heterocycles. The van der Waals surface area contributed by atoms with Crippen LogP contribution in [0.25, 0.3) is 0 Å². The van der Waals surface area contributed by atoms with Crippen LogP contribution in [0.5, 0.6) is 0 Å². The molecule has 1 fully saturated rings. The molecule has 0 N–H and O–H groups in total. The zero-order valence-corrected chi connectivity index (χ0v) is 9.17. The van der Waals surface area contributed by atoms with Gasteiger partial charge in [-0.05, 0) is 5.56 Å². The molecule has 2 nitrogen and oxygen atoms in total. The van der Waals surface area contributed by atoms with E-state index >= 15 is 0 Å². The average molecular weight is 213 g/mol. The topological polar surface area (TPSA) is 20.3 Å². The molecule has 0 radical (unpaired) electrons. The number of piperidine rings is 1. The third-order valence-corrected chi connectivity index (χ3v) is 3.54. The van der Waals surface area contributed by atoms with Gasteiger partial charge < -0.3 is 0 Å². The molecule has 0 spiro atoms. The van der Waals surface area contributed by atoms with Crippen LogP contribution in [0.3, 0.4) is 0 Å². The van der Waals surface area contributed by atoms with E-state index in [-0.39, 0.29) is 6.04 Å². The summed E-state index contributed by atoms with van der Waals surface area (Å²) in [5.74, 6) is 0.390. The molecular weight excluding hydrogens is 198 g/mol. The second kappa shape index (κ2) is 3.87. The van der Waals surface area contributed by atoms with Crippen LogP contribution in [0.4, 0.5) is 0 Å². The van der Waals surface area contributed by atoms with Gasteiger partial charge in [-0.25, -0.2) is 0 Å². The number of nitrogens with zero attached hydrogens (tertiary/aromatic N) is 1. The first kappa shape index (κ1) is 9.79. The first-order valence-electron chi connectivity index (χ1n) is 5.83. The molecular formula is C14H15NO. The maximum Gasteiger partial charge on any atom is 0.136 e. The molecule has 0 bridgehead atoms. The van der Waals surface area contributed by atoms with Crippen LogP contribution in [-0.2, 0) is 4.79 Å². The van der Waals surface area contributed by atoms with E-state index in [1.54, 1.807) is 0 Å². The molecule has 3 rings (SSSR count). The van der Waals surface area contributed by atoms with Crippen molar-refractivity contribution in [3.05, 3.63) is 48.0 Å². The minimum absolute atomic E-state index is 0.280. The number of Topliss-reactive ketones (excluding diaryl/α,β-unsaturated/α-hetero) is 1. The number of hydrogen-bond donors (Lipinski definition) is 0. The highest BCUT2D eigenvalue weighted by Gasteiger charge is 2.35. The second-order valence-corrected chi connectivity index (χ2v) is 4.57. The summed E-state index contributed by atoms with van der Waals surface area (Å²) in [6.07, 6.45) is 5.72. The van der Waals surface area contributed by atoms with Gasteiger partial charge in [-0.15, -0.1) is 0 Å². The van der Waals surface area contributed by atoms with Gasteiger partial charge in [-0.2, -0.15) is 0 Å². The fraction of sp³-hybridized carbons (Fsp3) is 0.357. The number of carbonyl (C=O) groups is 1. The second-order valence-electron chi connectivity index (χ2n) is 4.57. The molecule has 0 aromatic heterocycles. The third kappa shape index (κ3) is 1.59. The number of fused-ring (bicyclic) bond motifs is 1. The number of rotatable bonds is 1. The van der Waals surface area contributed by atoms with E-state index in [1.807, 2.05) is 18.2 Å². The van der Waals surface area contributed by atoms with Crippen molar-refractivity contribution in [2.75, 3.05) is 6.54 Å². The SMILES string of the molecule is O=C1C[C@H](c2ccccc2)N2CC=C[C@H]2C1. The van der Waals surface area contributed by atoms with Gasteiger partial charge in [0, 0.05) is 31.5 Å². The Kier molecular flexibility index (Phi) is 2.37. The van der Waals surface area contributed by atoms with Crippen molar-refractivity contribution in [1.82, 2.24) is 4.90 Å². The summed E-state index contributed by atoms with van der Waals surface area (Å²) in [7, 11) is 0. The van der Waals surface area contributed by atoms with E-state index in [1.165, 1.54) is 5.56 Å². The van der Waals surface area contributed by atoms with Gasteiger partial charge >= 0.3 is 0 Å². The molecule has 0 saturated carbocycles. The van der Waals surface area contributed by atoms with Crippen LogP contribution >= 0.6 is 0 Å². The number of hydrogen-bond acceptors (Lipinski definition) is 2. The van der Waals surface area contributed by atoms with Crippen molar-refractivity contribution >= 4 is 5.78 Å². The first-order valence-corrected chi connectivity index (χ1v) is 5.83. The van der Waals surface area contributed by atoms with E-state index in [0.29, 0.717) is 24.7 Å². The average Bonchev–Trinajstić information content (AvgIpc) is 2.77. The summed E-state index contributed by atoms with van der Waals surface area (Å²) >= 11 is 0. The summed E-state index contributed by atoms with van der Waals surface area (Å²) in [6, 6.07) is 11.0. The van der Waals surface area contributed by atoms with Crippen LogP contribution in [0.15, 0.2) is 42.5 Å². The molecule has 2 heterocycles. The molecule has 2 aliphatic heterocycles.